The van der Waals surface area contributed by atoms with Crippen LogP contribution in [0.25, 0.3) is 0 Å². The zero-order chi connectivity index (χ0) is 12.4. The van der Waals surface area contributed by atoms with Gasteiger partial charge in [-0.1, -0.05) is 45.9 Å². The number of rotatable bonds is 3. The van der Waals surface area contributed by atoms with E-state index in [1.54, 1.807) is 0 Å². The van der Waals surface area contributed by atoms with Gasteiger partial charge in [0.1, 0.15) is 12.2 Å². The van der Waals surface area contributed by atoms with Crippen LogP contribution in [0.1, 0.15) is 39.2 Å². The van der Waals surface area contributed by atoms with E-state index in [9.17, 15) is 0 Å². The summed E-state index contributed by atoms with van der Waals surface area (Å²) in [6.07, 6.45) is 0. The molecule has 0 saturated heterocycles. The quantitative estimate of drug-likeness (QED) is 0.753. The fraction of sp³-hybridized carbons (Fsp3) is 0.533. The van der Waals surface area contributed by atoms with Gasteiger partial charge >= 0.3 is 0 Å². The van der Waals surface area contributed by atoms with Crippen molar-refractivity contribution in [3.05, 3.63) is 29.8 Å². The number of para-hydroxylation sites is 1. The van der Waals surface area contributed by atoms with E-state index in [0.29, 0.717) is 11.8 Å². The first kappa shape index (κ1) is 15.2. The molecule has 0 fully saturated rings. The predicted octanol–water partition coefficient (Wildman–Crippen LogP) is -0.601. The maximum Gasteiger partial charge on any atom is 0.204 e. The molecule has 2 rings (SSSR count). The minimum absolute atomic E-state index is 0. The molecule has 3 heteroatoms. The highest BCUT2D eigenvalue weighted by molar-refractivity contribution is 5.79. The van der Waals surface area contributed by atoms with Crippen molar-refractivity contribution in [1.82, 2.24) is 0 Å². The highest BCUT2D eigenvalue weighted by atomic mass is 35.5. The molecule has 1 aliphatic heterocycles. The molecule has 1 atom stereocenters. The van der Waals surface area contributed by atoms with Gasteiger partial charge in [0.2, 0.25) is 5.84 Å². The molecule has 0 radical (unpaired) electrons. The molecule has 1 aromatic carbocycles. The van der Waals surface area contributed by atoms with Crippen LogP contribution in [0.15, 0.2) is 29.3 Å². The second-order valence-electron chi connectivity index (χ2n) is 5.39. The monoisotopic (exact) mass is 266 g/mol. The summed E-state index contributed by atoms with van der Waals surface area (Å²) in [5.41, 5.74) is 2.88. The smallest absolute Gasteiger partial charge is 0.204 e. The standard InChI is InChI=1S/C15H22N2.ClH/c1-11(2)13-7-5-6-8-14(13)17-10-9-16-15(17)12(3)4;/h5-8,11-12H,9-10H2,1-4H3;1H. The lowest BCUT2D eigenvalue weighted by molar-refractivity contribution is -0.726. The van der Waals surface area contributed by atoms with Gasteiger partial charge in [-0.25, -0.2) is 4.99 Å². The number of aliphatic imine (C=N–C) groups is 1. The summed E-state index contributed by atoms with van der Waals surface area (Å²) < 4.78 is 0. The van der Waals surface area contributed by atoms with Crippen LogP contribution >= 0.6 is 0 Å². The second-order valence-corrected chi connectivity index (χ2v) is 5.39. The molecule has 0 amide bonds. The van der Waals surface area contributed by atoms with E-state index in [4.69, 9.17) is 0 Å². The van der Waals surface area contributed by atoms with Crippen molar-refractivity contribution in [2.24, 2.45) is 10.9 Å². The normalized spacial score (nSPS) is 19.0. The Hall–Kier alpha value is -0.860. The van der Waals surface area contributed by atoms with E-state index in [1.807, 2.05) is 0 Å². The van der Waals surface area contributed by atoms with Crippen molar-refractivity contribution in [2.75, 3.05) is 13.1 Å². The average molecular weight is 267 g/mol. The number of quaternary nitrogens is 1. The molecule has 1 aromatic rings. The fourth-order valence-electron chi connectivity index (χ4n) is 2.59. The Morgan fingerprint density at radius 2 is 1.72 bits per heavy atom. The topological polar surface area (TPSA) is 16.8 Å². The zero-order valence-electron chi connectivity index (χ0n) is 11.7. The SMILES string of the molecule is CC(C)C1=NCC[NH+]1c1ccccc1C(C)C.[Cl-]. The first-order valence-electron chi connectivity index (χ1n) is 6.61. The average Bonchev–Trinajstić information content (AvgIpc) is 2.77. The van der Waals surface area contributed by atoms with Gasteiger partial charge in [0.15, 0.2) is 0 Å². The molecule has 0 aliphatic carbocycles. The van der Waals surface area contributed by atoms with Crippen molar-refractivity contribution in [2.45, 2.75) is 33.6 Å². The van der Waals surface area contributed by atoms with Crippen molar-refractivity contribution < 1.29 is 17.3 Å². The minimum Gasteiger partial charge on any atom is -1.00 e. The number of hydrogen-bond acceptors (Lipinski definition) is 1. The summed E-state index contributed by atoms with van der Waals surface area (Å²) >= 11 is 0. The third-order valence-electron chi connectivity index (χ3n) is 3.41. The lowest BCUT2D eigenvalue weighted by Gasteiger charge is -2.20. The second kappa shape index (κ2) is 6.35. The number of nitrogens with zero attached hydrogens (tertiary/aromatic N) is 1. The van der Waals surface area contributed by atoms with Gasteiger partial charge in [-0.15, -0.1) is 0 Å². The van der Waals surface area contributed by atoms with Crippen LogP contribution in [0.2, 0.25) is 0 Å². The van der Waals surface area contributed by atoms with Crippen molar-refractivity contribution >= 4 is 11.5 Å². The third-order valence-corrected chi connectivity index (χ3v) is 3.41. The Balaban J connectivity index is 0.00000162. The van der Waals surface area contributed by atoms with Crippen molar-refractivity contribution in [3.8, 4) is 0 Å². The van der Waals surface area contributed by atoms with Gasteiger partial charge in [-0.05, 0) is 12.0 Å². The highest BCUT2D eigenvalue weighted by Gasteiger charge is 2.29. The number of halogens is 1. The van der Waals surface area contributed by atoms with Crippen LogP contribution in [0.4, 0.5) is 5.69 Å². The lowest BCUT2D eigenvalue weighted by Crippen LogP contribution is -3.09. The third kappa shape index (κ3) is 2.93. The van der Waals surface area contributed by atoms with E-state index >= 15 is 0 Å². The van der Waals surface area contributed by atoms with Gasteiger partial charge in [0.25, 0.3) is 0 Å². The molecular weight excluding hydrogens is 244 g/mol. The summed E-state index contributed by atoms with van der Waals surface area (Å²) in [4.78, 5) is 6.15. The number of amidine groups is 1. The van der Waals surface area contributed by atoms with E-state index in [1.165, 1.54) is 22.0 Å². The predicted molar refractivity (Wildman–Crippen MR) is 73.2 cm³/mol. The lowest BCUT2D eigenvalue weighted by atomic mass is 10.00. The van der Waals surface area contributed by atoms with Gasteiger partial charge in [0, 0.05) is 11.5 Å². The van der Waals surface area contributed by atoms with Crippen LogP contribution in [0, 0.1) is 5.92 Å². The largest absolute Gasteiger partial charge is 1.00 e. The minimum atomic E-state index is 0. The molecule has 0 aromatic heterocycles. The van der Waals surface area contributed by atoms with Gasteiger partial charge < -0.3 is 12.4 Å². The molecule has 2 nitrogen and oxygen atoms in total. The highest BCUT2D eigenvalue weighted by Crippen LogP contribution is 2.21. The first-order chi connectivity index (χ1) is 8.11. The Kier molecular flexibility index (Phi) is 5.36. The molecular formula is C15H23ClN2. The van der Waals surface area contributed by atoms with E-state index in [-0.39, 0.29) is 12.4 Å². The Morgan fingerprint density at radius 1 is 1.06 bits per heavy atom. The molecule has 1 aliphatic rings. The molecule has 0 bridgehead atoms. The Bertz CT molecular complexity index is 424. The molecule has 0 spiro atoms. The Morgan fingerprint density at radius 3 is 2.33 bits per heavy atom. The number of hydrogen-bond donors (Lipinski definition) is 1. The molecule has 1 unspecified atom stereocenters. The van der Waals surface area contributed by atoms with E-state index < -0.39 is 0 Å². The summed E-state index contributed by atoms with van der Waals surface area (Å²) in [7, 11) is 0. The molecule has 1 N–H and O–H groups in total. The van der Waals surface area contributed by atoms with Crippen molar-refractivity contribution in [1.29, 1.82) is 0 Å². The maximum absolute atomic E-state index is 4.67. The molecule has 18 heavy (non-hydrogen) atoms. The summed E-state index contributed by atoms with van der Waals surface area (Å²) in [5.74, 6) is 2.43. The van der Waals surface area contributed by atoms with Crippen LogP contribution in [0.3, 0.4) is 0 Å². The summed E-state index contributed by atoms with van der Waals surface area (Å²) in [6, 6.07) is 8.79. The number of nitrogens with one attached hydrogen (secondary N) is 1. The number of benzene rings is 1. The molecule has 0 saturated carbocycles. The fourth-order valence-corrected chi connectivity index (χ4v) is 2.59. The van der Waals surface area contributed by atoms with Crippen LogP contribution in [-0.4, -0.2) is 18.9 Å². The van der Waals surface area contributed by atoms with Gasteiger partial charge in [0.05, 0.1) is 6.54 Å². The maximum atomic E-state index is 4.67. The Labute approximate surface area is 117 Å². The summed E-state index contributed by atoms with van der Waals surface area (Å²) in [5, 5.41) is 0. The van der Waals surface area contributed by atoms with Crippen LogP contribution in [-0.2, 0) is 0 Å². The van der Waals surface area contributed by atoms with E-state index in [2.05, 4.69) is 57.0 Å². The van der Waals surface area contributed by atoms with Crippen LogP contribution in [0.5, 0.6) is 0 Å². The van der Waals surface area contributed by atoms with Crippen LogP contribution < -0.4 is 17.3 Å². The van der Waals surface area contributed by atoms with E-state index in [0.717, 1.165) is 13.1 Å². The first-order valence-corrected chi connectivity index (χ1v) is 6.61. The zero-order valence-corrected chi connectivity index (χ0v) is 12.5. The van der Waals surface area contributed by atoms with Gasteiger partial charge in [-0.2, -0.15) is 0 Å². The molecule has 100 valence electrons. The molecule has 1 heterocycles. The van der Waals surface area contributed by atoms with Crippen molar-refractivity contribution in [3.63, 3.8) is 0 Å². The summed E-state index contributed by atoms with van der Waals surface area (Å²) in [6.45, 7) is 11.1. The van der Waals surface area contributed by atoms with Gasteiger partial charge in [-0.3, -0.25) is 4.90 Å².